The molecule has 0 aromatic carbocycles. The molecule has 0 radical (unpaired) electrons. The fraction of sp³-hybridized carbons (Fsp3) is 0.786. The Morgan fingerprint density at radius 2 is 2.18 bits per heavy atom. The summed E-state index contributed by atoms with van der Waals surface area (Å²) in [7, 11) is 0. The van der Waals surface area contributed by atoms with E-state index >= 15 is 0 Å². The molecule has 17 heavy (non-hydrogen) atoms. The third-order valence-corrected chi connectivity index (χ3v) is 6.59. The molecule has 0 amide bonds. The Hall–Kier alpha value is -0.500. The van der Waals surface area contributed by atoms with E-state index in [2.05, 4.69) is 12.2 Å². The molecule has 3 heteroatoms. The van der Waals surface area contributed by atoms with Crippen LogP contribution in [0.15, 0.2) is 12.2 Å². The Morgan fingerprint density at radius 1 is 1.35 bits per heavy atom. The monoisotopic (exact) mass is 252 g/mol. The van der Waals surface area contributed by atoms with Gasteiger partial charge in [-0.05, 0) is 54.8 Å². The predicted octanol–water partition coefficient (Wildman–Crippen LogP) is 2.77. The minimum atomic E-state index is -0.528. The summed E-state index contributed by atoms with van der Waals surface area (Å²) in [6, 6.07) is 0. The standard InChI is InChI=1S/C14H17ClO2/c15-6-8-4-10-5-11(8)12-7-1-2-9(3-7)14(10,12)13(16)17/h1-2,7-12H,3-6H2,(H,16,17). The van der Waals surface area contributed by atoms with Crippen molar-refractivity contribution in [2.75, 3.05) is 5.88 Å². The van der Waals surface area contributed by atoms with Crippen LogP contribution in [0.5, 0.6) is 0 Å². The van der Waals surface area contributed by atoms with Gasteiger partial charge in [-0.3, -0.25) is 4.79 Å². The van der Waals surface area contributed by atoms with E-state index < -0.39 is 11.4 Å². The molecule has 4 bridgehead atoms. The summed E-state index contributed by atoms with van der Waals surface area (Å²) in [5.41, 5.74) is -0.410. The van der Waals surface area contributed by atoms with Crippen molar-refractivity contribution in [1.82, 2.24) is 0 Å². The highest BCUT2D eigenvalue weighted by atomic mass is 35.5. The lowest BCUT2D eigenvalue weighted by Crippen LogP contribution is -2.48. The van der Waals surface area contributed by atoms with E-state index in [1.54, 1.807) is 0 Å². The van der Waals surface area contributed by atoms with E-state index in [0.717, 1.165) is 19.3 Å². The highest BCUT2D eigenvalue weighted by Crippen LogP contribution is 2.73. The molecule has 2 nitrogen and oxygen atoms in total. The second-order valence-corrected chi connectivity index (χ2v) is 6.71. The highest BCUT2D eigenvalue weighted by molar-refractivity contribution is 6.18. The van der Waals surface area contributed by atoms with Gasteiger partial charge >= 0.3 is 5.97 Å². The van der Waals surface area contributed by atoms with Crippen LogP contribution in [-0.2, 0) is 4.79 Å². The average Bonchev–Trinajstić information content (AvgIpc) is 3.04. The van der Waals surface area contributed by atoms with E-state index in [4.69, 9.17) is 11.6 Å². The summed E-state index contributed by atoms with van der Waals surface area (Å²) in [4.78, 5) is 11.9. The maximum Gasteiger partial charge on any atom is 0.310 e. The lowest BCUT2D eigenvalue weighted by atomic mass is 9.59. The van der Waals surface area contributed by atoms with E-state index in [1.807, 2.05) is 0 Å². The SMILES string of the molecule is O=C(O)C12C3C=CC(C3)C1C1CC2CC1CCl. The lowest BCUT2D eigenvalue weighted by Gasteiger charge is -2.44. The molecule has 4 aliphatic rings. The first-order valence-electron chi connectivity index (χ1n) is 6.67. The van der Waals surface area contributed by atoms with Crippen LogP contribution in [0.3, 0.4) is 0 Å². The molecule has 3 fully saturated rings. The van der Waals surface area contributed by atoms with Gasteiger partial charge in [0.15, 0.2) is 0 Å². The normalized spacial score (nSPS) is 57.7. The molecule has 0 aromatic rings. The molecule has 7 atom stereocenters. The van der Waals surface area contributed by atoms with Crippen LogP contribution >= 0.6 is 11.6 Å². The van der Waals surface area contributed by atoms with Crippen LogP contribution in [0.1, 0.15) is 19.3 Å². The summed E-state index contributed by atoms with van der Waals surface area (Å²) in [6.07, 6.45) is 7.71. The van der Waals surface area contributed by atoms with E-state index in [1.165, 1.54) is 0 Å². The molecule has 4 rings (SSSR count). The number of hydrogen-bond acceptors (Lipinski definition) is 1. The minimum Gasteiger partial charge on any atom is -0.481 e. The number of carboxylic acids is 1. The predicted molar refractivity (Wildman–Crippen MR) is 64.7 cm³/mol. The van der Waals surface area contributed by atoms with Gasteiger partial charge < -0.3 is 5.11 Å². The van der Waals surface area contributed by atoms with Crippen molar-refractivity contribution in [3.8, 4) is 0 Å². The quantitative estimate of drug-likeness (QED) is 0.466. The third-order valence-electron chi connectivity index (χ3n) is 6.20. The molecule has 3 saturated carbocycles. The van der Waals surface area contributed by atoms with Crippen molar-refractivity contribution in [2.45, 2.75) is 19.3 Å². The zero-order valence-corrected chi connectivity index (χ0v) is 10.4. The first-order chi connectivity index (χ1) is 8.19. The Bertz CT molecular complexity index is 418. The first kappa shape index (κ1) is 10.4. The topological polar surface area (TPSA) is 37.3 Å². The third kappa shape index (κ3) is 0.951. The number of carbonyl (C=O) groups is 1. The molecule has 7 unspecified atom stereocenters. The average molecular weight is 253 g/mol. The van der Waals surface area contributed by atoms with Gasteiger partial charge in [0.1, 0.15) is 0 Å². The number of fused-ring (bicyclic) bond motifs is 9. The number of halogens is 1. The highest BCUT2D eigenvalue weighted by Gasteiger charge is 2.73. The van der Waals surface area contributed by atoms with Gasteiger partial charge in [0.25, 0.3) is 0 Å². The summed E-state index contributed by atoms with van der Waals surface area (Å²) in [6.45, 7) is 0. The molecule has 4 aliphatic carbocycles. The maximum atomic E-state index is 11.9. The van der Waals surface area contributed by atoms with Crippen molar-refractivity contribution < 1.29 is 9.90 Å². The molecule has 92 valence electrons. The van der Waals surface area contributed by atoms with Gasteiger partial charge in [0, 0.05) is 5.88 Å². The van der Waals surface area contributed by atoms with Crippen LogP contribution in [0.2, 0.25) is 0 Å². The van der Waals surface area contributed by atoms with Crippen LogP contribution in [0.25, 0.3) is 0 Å². The zero-order valence-electron chi connectivity index (χ0n) is 9.68. The Kier molecular flexibility index (Phi) is 1.89. The van der Waals surface area contributed by atoms with Crippen molar-refractivity contribution in [3.05, 3.63) is 12.2 Å². The van der Waals surface area contributed by atoms with Gasteiger partial charge in [-0.2, -0.15) is 0 Å². The second kappa shape index (κ2) is 3.09. The van der Waals surface area contributed by atoms with Crippen molar-refractivity contribution in [2.24, 2.45) is 40.9 Å². The summed E-state index contributed by atoms with van der Waals surface area (Å²) >= 11 is 6.05. The van der Waals surface area contributed by atoms with Gasteiger partial charge in [0.05, 0.1) is 5.41 Å². The number of aliphatic carboxylic acids is 1. The molecular weight excluding hydrogens is 236 g/mol. The number of rotatable bonds is 2. The molecule has 1 N–H and O–H groups in total. The van der Waals surface area contributed by atoms with Crippen molar-refractivity contribution in [1.29, 1.82) is 0 Å². The van der Waals surface area contributed by atoms with E-state index in [9.17, 15) is 9.90 Å². The van der Waals surface area contributed by atoms with Crippen LogP contribution in [-0.4, -0.2) is 17.0 Å². The van der Waals surface area contributed by atoms with Crippen LogP contribution in [0.4, 0.5) is 0 Å². The minimum absolute atomic E-state index is 0.307. The smallest absolute Gasteiger partial charge is 0.310 e. The largest absolute Gasteiger partial charge is 0.481 e. The number of carboxylic acid groups (broad SMARTS) is 1. The van der Waals surface area contributed by atoms with Crippen LogP contribution in [0, 0.1) is 40.9 Å². The lowest BCUT2D eigenvalue weighted by molar-refractivity contribution is -0.159. The molecular formula is C14H17ClO2. The Morgan fingerprint density at radius 3 is 2.88 bits per heavy atom. The van der Waals surface area contributed by atoms with Gasteiger partial charge in [-0.1, -0.05) is 12.2 Å². The summed E-state index contributed by atoms with van der Waals surface area (Å²) in [5, 5.41) is 9.81. The fourth-order valence-corrected chi connectivity index (χ4v) is 6.19. The molecule has 0 aromatic heterocycles. The van der Waals surface area contributed by atoms with E-state index in [-0.39, 0.29) is 0 Å². The summed E-state index contributed by atoms with van der Waals surface area (Å²) < 4.78 is 0. The fourth-order valence-electron chi connectivity index (χ4n) is 5.84. The molecule has 0 aliphatic heterocycles. The first-order valence-corrected chi connectivity index (χ1v) is 7.20. The molecule has 0 saturated heterocycles. The number of allylic oxidation sites excluding steroid dienone is 2. The number of hydrogen-bond donors (Lipinski definition) is 1. The second-order valence-electron chi connectivity index (χ2n) is 6.40. The number of alkyl halides is 1. The zero-order chi connectivity index (χ0) is 11.8. The molecule has 0 heterocycles. The maximum absolute atomic E-state index is 11.9. The van der Waals surface area contributed by atoms with Crippen LogP contribution < -0.4 is 0 Å². The van der Waals surface area contributed by atoms with Gasteiger partial charge in [-0.15, -0.1) is 11.6 Å². The van der Waals surface area contributed by atoms with Crippen molar-refractivity contribution >= 4 is 17.6 Å². The Balaban J connectivity index is 1.83. The van der Waals surface area contributed by atoms with Gasteiger partial charge in [-0.25, -0.2) is 0 Å². The molecule has 0 spiro atoms. The van der Waals surface area contributed by atoms with E-state index in [0.29, 0.717) is 41.4 Å². The van der Waals surface area contributed by atoms with Crippen molar-refractivity contribution in [3.63, 3.8) is 0 Å². The Labute approximate surface area is 106 Å². The van der Waals surface area contributed by atoms with Gasteiger partial charge in [0.2, 0.25) is 0 Å². The summed E-state index contributed by atoms with van der Waals surface area (Å²) in [5.74, 6) is 2.95.